The molecule has 0 aliphatic carbocycles. The highest BCUT2D eigenvalue weighted by Gasteiger charge is 2.22. The third-order valence-electron chi connectivity index (χ3n) is 9.57. The summed E-state index contributed by atoms with van der Waals surface area (Å²) < 4.78 is 6.64. The van der Waals surface area contributed by atoms with Crippen molar-refractivity contribution in [1.82, 2.24) is 0 Å². The molecular formula is C44H26O. The zero-order chi connectivity index (χ0) is 29.5. The molecule has 45 heavy (non-hydrogen) atoms. The second kappa shape index (κ2) is 9.29. The number of ether oxygens (including phenoxy) is 1. The Balaban J connectivity index is 1.11. The molecule has 0 aromatic heterocycles. The zero-order valence-corrected chi connectivity index (χ0v) is 24.4. The molecule has 0 saturated carbocycles. The van der Waals surface area contributed by atoms with Gasteiger partial charge in [-0.1, -0.05) is 127 Å². The summed E-state index contributed by atoms with van der Waals surface area (Å²) in [6.07, 6.45) is 0. The fourth-order valence-electron chi connectivity index (χ4n) is 7.47. The van der Waals surface area contributed by atoms with Gasteiger partial charge < -0.3 is 4.74 Å². The number of rotatable bonds is 3. The van der Waals surface area contributed by atoms with Gasteiger partial charge in [0.05, 0.1) is 0 Å². The van der Waals surface area contributed by atoms with E-state index >= 15 is 0 Å². The molecule has 1 heteroatoms. The van der Waals surface area contributed by atoms with Gasteiger partial charge in [-0.25, -0.2) is 0 Å². The summed E-state index contributed by atoms with van der Waals surface area (Å²) in [5.74, 6) is 1.81. The van der Waals surface area contributed by atoms with E-state index in [-0.39, 0.29) is 0 Å². The van der Waals surface area contributed by atoms with E-state index in [1.807, 2.05) is 0 Å². The zero-order valence-electron chi connectivity index (χ0n) is 24.4. The van der Waals surface area contributed by atoms with Crippen LogP contribution in [0.3, 0.4) is 0 Å². The van der Waals surface area contributed by atoms with E-state index in [1.54, 1.807) is 0 Å². The van der Waals surface area contributed by atoms with Crippen LogP contribution in [-0.2, 0) is 0 Å². The molecular weight excluding hydrogens is 544 g/mol. The van der Waals surface area contributed by atoms with Gasteiger partial charge in [-0.15, -0.1) is 0 Å². The average molecular weight is 571 g/mol. The number of hydrogen-bond acceptors (Lipinski definition) is 1. The molecule has 0 atom stereocenters. The van der Waals surface area contributed by atoms with Crippen LogP contribution in [-0.4, -0.2) is 0 Å². The average Bonchev–Trinajstić information content (AvgIpc) is 3.11. The van der Waals surface area contributed by atoms with E-state index in [0.29, 0.717) is 0 Å². The molecule has 0 spiro atoms. The molecule has 0 saturated heterocycles. The van der Waals surface area contributed by atoms with E-state index in [1.165, 1.54) is 76.5 Å². The first-order valence-electron chi connectivity index (χ1n) is 15.5. The maximum Gasteiger partial charge on any atom is 0.136 e. The first kappa shape index (κ1) is 24.5. The summed E-state index contributed by atoms with van der Waals surface area (Å²) in [6, 6.07) is 57.3. The van der Waals surface area contributed by atoms with Gasteiger partial charge in [0, 0.05) is 10.9 Å². The predicted molar refractivity (Wildman–Crippen MR) is 189 cm³/mol. The molecule has 208 valence electrons. The highest BCUT2D eigenvalue weighted by atomic mass is 16.5. The molecule has 0 amide bonds. The van der Waals surface area contributed by atoms with Crippen molar-refractivity contribution in [2.45, 2.75) is 0 Å². The minimum absolute atomic E-state index is 0.897. The molecule has 0 bridgehead atoms. The lowest BCUT2D eigenvalue weighted by Gasteiger charge is -2.23. The van der Waals surface area contributed by atoms with Gasteiger partial charge >= 0.3 is 0 Å². The van der Waals surface area contributed by atoms with Crippen molar-refractivity contribution in [2.24, 2.45) is 0 Å². The first-order valence-corrected chi connectivity index (χ1v) is 15.5. The first-order chi connectivity index (χ1) is 22.3. The molecule has 10 rings (SSSR count). The van der Waals surface area contributed by atoms with E-state index in [2.05, 4.69) is 158 Å². The van der Waals surface area contributed by atoms with Crippen molar-refractivity contribution < 1.29 is 4.74 Å². The van der Waals surface area contributed by atoms with Crippen molar-refractivity contribution in [3.63, 3.8) is 0 Å². The summed E-state index contributed by atoms with van der Waals surface area (Å²) in [5, 5.41) is 10.2. The monoisotopic (exact) mass is 570 g/mol. The molecule has 1 heterocycles. The highest BCUT2D eigenvalue weighted by molar-refractivity contribution is 6.25. The fraction of sp³-hybridized carbons (Fsp3) is 0. The normalized spacial score (nSPS) is 12.2. The Kier molecular flexibility index (Phi) is 5.06. The summed E-state index contributed by atoms with van der Waals surface area (Å²) in [7, 11) is 0. The van der Waals surface area contributed by atoms with Crippen molar-refractivity contribution in [3.8, 4) is 56.0 Å². The minimum Gasteiger partial charge on any atom is -0.456 e. The maximum absolute atomic E-state index is 6.64. The van der Waals surface area contributed by atoms with E-state index < -0.39 is 0 Å². The topological polar surface area (TPSA) is 9.23 Å². The molecule has 0 N–H and O–H groups in total. The summed E-state index contributed by atoms with van der Waals surface area (Å²) in [5.41, 5.74) is 9.55. The molecule has 9 aromatic carbocycles. The van der Waals surface area contributed by atoms with Gasteiger partial charge in [0.1, 0.15) is 11.5 Å². The van der Waals surface area contributed by atoms with Crippen molar-refractivity contribution in [3.05, 3.63) is 158 Å². The van der Waals surface area contributed by atoms with Gasteiger partial charge in [0.25, 0.3) is 0 Å². The van der Waals surface area contributed by atoms with E-state index in [4.69, 9.17) is 4.74 Å². The largest absolute Gasteiger partial charge is 0.456 e. The second-order valence-electron chi connectivity index (χ2n) is 12.1. The van der Waals surface area contributed by atoms with Crippen LogP contribution in [0, 0.1) is 0 Å². The maximum atomic E-state index is 6.64. The quantitative estimate of drug-likeness (QED) is 0.192. The number of benzene rings is 9. The molecule has 1 nitrogen and oxygen atoms in total. The van der Waals surface area contributed by atoms with Crippen LogP contribution in [0.4, 0.5) is 0 Å². The van der Waals surface area contributed by atoms with Crippen molar-refractivity contribution in [2.75, 3.05) is 0 Å². The smallest absolute Gasteiger partial charge is 0.136 e. The van der Waals surface area contributed by atoms with Gasteiger partial charge in [-0.2, -0.15) is 0 Å². The van der Waals surface area contributed by atoms with Crippen LogP contribution < -0.4 is 4.74 Å². The van der Waals surface area contributed by atoms with Crippen LogP contribution in [0.15, 0.2) is 158 Å². The molecule has 1 aliphatic rings. The van der Waals surface area contributed by atoms with Crippen LogP contribution in [0.2, 0.25) is 0 Å². The van der Waals surface area contributed by atoms with Crippen LogP contribution >= 0.6 is 0 Å². The van der Waals surface area contributed by atoms with Crippen molar-refractivity contribution in [1.29, 1.82) is 0 Å². The Hall–Kier alpha value is -5.92. The Labute approximate surface area is 260 Å². The van der Waals surface area contributed by atoms with Gasteiger partial charge in [-0.3, -0.25) is 0 Å². The number of fused-ring (bicyclic) bond motifs is 2. The molecule has 0 fully saturated rings. The molecule has 9 aromatic rings. The third-order valence-corrected chi connectivity index (χ3v) is 9.57. The summed E-state index contributed by atoms with van der Waals surface area (Å²) >= 11 is 0. The lowest BCUT2D eigenvalue weighted by atomic mass is 9.88. The van der Waals surface area contributed by atoms with Crippen molar-refractivity contribution >= 4 is 43.1 Å². The lowest BCUT2D eigenvalue weighted by Crippen LogP contribution is -1.98. The summed E-state index contributed by atoms with van der Waals surface area (Å²) in [4.78, 5) is 0. The number of hydrogen-bond donors (Lipinski definition) is 0. The standard InChI is InChI=1S/C44H26O/c1-2-7-27(8-3-1)32-19-22-40-39(25-32)37-14-6-13-34-24-35(26-41(45-40)43(34)37)31-11-5-12-33(23-31)36-20-17-30-16-15-28-9-4-10-29-18-21-38(36)44(30)42(28)29/h1-26H. The Morgan fingerprint density at radius 2 is 0.978 bits per heavy atom. The van der Waals surface area contributed by atoms with Crippen LogP contribution in [0.5, 0.6) is 11.5 Å². The van der Waals surface area contributed by atoms with Crippen LogP contribution in [0.1, 0.15) is 0 Å². The Bertz CT molecular complexity index is 2600. The second-order valence-corrected chi connectivity index (χ2v) is 12.1. The van der Waals surface area contributed by atoms with Crippen LogP contribution in [0.25, 0.3) is 87.6 Å². The Morgan fingerprint density at radius 3 is 1.87 bits per heavy atom. The molecule has 0 radical (unpaired) electrons. The Morgan fingerprint density at radius 1 is 0.289 bits per heavy atom. The SMILES string of the molecule is c1ccc(-c2ccc3c(c2)-c2cccc4cc(-c5cccc(-c6ccc7ccc8cccc9ccc6c7c89)c5)cc(c24)O3)cc1. The predicted octanol–water partition coefficient (Wildman–Crippen LogP) is 12.5. The van der Waals surface area contributed by atoms with Gasteiger partial charge in [0.2, 0.25) is 0 Å². The molecule has 0 unspecified atom stereocenters. The van der Waals surface area contributed by atoms with E-state index in [9.17, 15) is 0 Å². The lowest BCUT2D eigenvalue weighted by molar-refractivity contribution is 0.487. The molecule has 1 aliphatic heterocycles. The summed E-state index contributed by atoms with van der Waals surface area (Å²) in [6.45, 7) is 0. The van der Waals surface area contributed by atoms with Gasteiger partial charge in [-0.05, 0) is 107 Å². The minimum atomic E-state index is 0.897. The third kappa shape index (κ3) is 3.68. The highest BCUT2D eigenvalue weighted by Crippen LogP contribution is 2.49. The fourth-order valence-corrected chi connectivity index (χ4v) is 7.47. The van der Waals surface area contributed by atoms with E-state index in [0.717, 1.165) is 22.6 Å². The van der Waals surface area contributed by atoms with Gasteiger partial charge in [0.15, 0.2) is 0 Å².